The highest BCUT2D eigenvalue weighted by Crippen LogP contribution is 2.27. The normalized spacial score (nSPS) is 10.3. The van der Waals surface area contributed by atoms with Crippen molar-refractivity contribution in [1.82, 2.24) is 4.90 Å². The van der Waals surface area contributed by atoms with Crippen LogP contribution in [0.4, 0.5) is 5.69 Å². The van der Waals surface area contributed by atoms with Gasteiger partial charge in [-0.05, 0) is 48.7 Å². The highest BCUT2D eigenvalue weighted by molar-refractivity contribution is 5.95. The first-order valence-electron chi connectivity index (χ1n) is 8.66. The smallest absolute Gasteiger partial charge is 0.243 e. The van der Waals surface area contributed by atoms with Gasteiger partial charge in [-0.1, -0.05) is 18.2 Å². The maximum atomic E-state index is 12.4. The molecule has 0 heterocycles. The summed E-state index contributed by atoms with van der Waals surface area (Å²) in [7, 11) is 4.73. The number of rotatable bonds is 7. The van der Waals surface area contributed by atoms with Gasteiger partial charge in [0.1, 0.15) is 0 Å². The number of hydrogen-bond donors (Lipinski definition) is 1. The van der Waals surface area contributed by atoms with Crippen LogP contribution in [0.1, 0.15) is 16.7 Å². The van der Waals surface area contributed by atoms with Gasteiger partial charge < -0.3 is 19.7 Å². The van der Waals surface area contributed by atoms with Crippen LogP contribution in [-0.2, 0) is 16.0 Å². The number of aryl methyl sites for hydroxylation is 1. The molecular formula is C21H26N2O4. The molecule has 0 radical (unpaired) electrons. The molecule has 0 atom stereocenters. The van der Waals surface area contributed by atoms with Crippen molar-refractivity contribution in [2.24, 2.45) is 0 Å². The van der Waals surface area contributed by atoms with E-state index in [4.69, 9.17) is 9.47 Å². The van der Waals surface area contributed by atoms with E-state index in [0.29, 0.717) is 11.5 Å². The topological polar surface area (TPSA) is 67.9 Å². The summed E-state index contributed by atoms with van der Waals surface area (Å²) in [4.78, 5) is 26.1. The Morgan fingerprint density at radius 3 is 2.41 bits per heavy atom. The van der Waals surface area contributed by atoms with Gasteiger partial charge in [0.15, 0.2) is 11.5 Å². The van der Waals surface area contributed by atoms with Gasteiger partial charge in [0.05, 0.1) is 27.2 Å². The summed E-state index contributed by atoms with van der Waals surface area (Å²) in [6.07, 6.45) is 0.174. The molecule has 2 amide bonds. The minimum absolute atomic E-state index is 0.0144. The standard InChI is InChI=1S/C21H26N2O4/c1-14-7-6-8-17(15(14)2)22-20(24)13-23(3)21(25)12-16-9-10-18(26-4)19(11-16)27-5/h6-11H,12-13H2,1-5H3,(H,22,24). The summed E-state index contributed by atoms with van der Waals surface area (Å²) in [5.74, 6) is 0.790. The molecule has 6 nitrogen and oxygen atoms in total. The predicted molar refractivity (Wildman–Crippen MR) is 105 cm³/mol. The van der Waals surface area contributed by atoms with Crippen molar-refractivity contribution < 1.29 is 19.1 Å². The molecule has 0 unspecified atom stereocenters. The Morgan fingerprint density at radius 2 is 1.74 bits per heavy atom. The lowest BCUT2D eigenvalue weighted by atomic mass is 10.1. The van der Waals surface area contributed by atoms with Crippen LogP contribution in [0.3, 0.4) is 0 Å². The summed E-state index contributed by atoms with van der Waals surface area (Å²) in [5.41, 5.74) is 3.68. The zero-order valence-electron chi connectivity index (χ0n) is 16.5. The number of likely N-dealkylation sites (N-methyl/N-ethyl adjacent to an activating group) is 1. The summed E-state index contributed by atoms with van der Waals surface area (Å²) in [6.45, 7) is 3.93. The molecule has 27 heavy (non-hydrogen) atoms. The average molecular weight is 370 g/mol. The lowest BCUT2D eigenvalue weighted by molar-refractivity contribution is -0.132. The monoisotopic (exact) mass is 370 g/mol. The molecule has 0 aromatic heterocycles. The first-order chi connectivity index (χ1) is 12.8. The van der Waals surface area contributed by atoms with Crippen LogP contribution in [0.2, 0.25) is 0 Å². The maximum Gasteiger partial charge on any atom is 0.243 e. The highest BCUT2D eigenvalue weighted by Gasteiger charge is 2.15. The Morgan fingerprint density at radius 1 is 1.04 bits per heavy atom. The first kappa shape index (κ1) is 20.3. The molecule has 2 rings (SSSR count). The van der Waals surface area contributed by atoms with E-state index in [0.717, 1.165) is 22.4 Å². The summed E-state index contributed by atoms with van der Waals surface area (Å²) < 4.78 is 10.5. The van der Waals surface area contributed by atoms with E-state index in [9.17, 15) is 9.59 Å². The number of carbonyl (C=O) groups excluding carboxylic acids is 2. The van der Waals surface area contributed by atoms with Crippen LogP contribution in [0.25, 0.3) is 0 Å². The molecule has 0 bridgehead atoms. The molecule has 0 aliphatic rings. The fourth-order valence-electron chi connectivity index (χ4n) is 2.68. The second-order valence-electron chi connectivity index (χ2n) is 6.41. The van der Waals surface area contributed by atoms with Gasteiger partial charge in [0, 0.05) is 12.7 Å². The van der Waals surface area contributed by atoms with Gasteiger partial charge in [0.25, 0.3) is 0 Å². The second-order valence-corrected chi connectivity index (χ2v) is 6.41. The quantitative estimate of drug-likeness (QED) is 0.814. The van der Waals surface area contributed by atoms with E-state index < -0.39 is 0 Å². The number of carbonyl (C=O) groups is 2. The van der Waals surface area contributed by atoms with Crippen LogP contribution in [-0.4, -0.2) is 44.5 Å². The van der Waals surface area contributed by atoms with Gasteiger partial charge in [-0.25, -0.2) is 0 Å². The molecular weight excluding hydrogens is 344 g/mol. The minimum atomic E-state index is -0.230. The molecule has 144 valence electrons. The largest absolute Gasteiger partial charge is 0.493 e. The molecule has 0 saturated carbocycles. The fourth-order valence-corrected chi connectivity index (χ4v) is 2.68. The number of ether oxygens (including phenoxy) is 2. The van der Waals surface area contributed by atoms with E-state index in [2.05, 4.69) is 5.32 Å². The summed E-state index contributed by atoms with van der Waals surface area (Å²) in [5, 5.41) is 2.86. The zero-order chi connectivity index (χ0) is 20.0. The molecule has 0 saturated heterocycles. The summed E-state index contributed by atoms with van der Waals surface area (Å²) >= 11 is 0. The van der Waals surface area contributed by atoms with Crippen molar-refractivity contribution in [3.05, 3.63) is 53.1 Å². The molecule has 2 aromatic rings. The van der Waals surface area contributed by atoms with Crippen molar-refractivity contribution in [2.75, 3.05) is 33.1 Å². The fraction of sp³-hybridized carbons (Fsp3) is 0.333. The Kier molecular flexibility index (Phi) is 6.82. The van der Waals surface area contributed by atoms with Crippen molar-refractivity contribution >= 4 is 17.5 Å². The van der Waals surface area contributed by atoms with E-state index in [-0.39, 0.29) is 24.8 Å². The van der Waals surface area contributed by atoms with Crippen LogP contribution in [0.5, 0.6) is 11.5 Å². The lowest BCUT2D eigenvalue weighted by Gasteiger charge is -2.18. The van der Waals surface area contributed by atoms with E-state index in [1.807, 2.05) is 38.1 Å². The van der Waals surface area contributed by atoms with Gasteiger partial charge in [-0.15, -0.1) is 0 Å². The molecule has 0 aliphatic carbocycles. The number of nitrogens with one attached hydrogen (secondary N) is 1. The number of anilines is 1. The third-order valence-corrected chi connectivity index (χ3v) is 4.49. The van der Waals surface area contributed by atoms with Crippen molar-refractivity contribution in [2.45, 2.75) is 20.3 Å². The third kappa shape index (κ3) is 5.23. The van der Waals surface area contributed by atoms with Gasteiger partial charge in [0.2, 0.25) is 11.8 Å². The third-order valence-electron chi connectivity index (χ3n) is 4.49. The lowest BCUT2D eigenvalue weighted by Crippen LogP contribution is -2.35. The Hall–Kier alpha value is -3.02. The molecule has 0 fully saturated rings. The molecule has 2 aromatic carbocycles. The highest BCUT2D eigenvalue weighted by atomic mass is 16.5. The Labute approximate surface area is 160 Å². The first-order valence-corrected chi connectivity index (χ1v) is 8.66. The van der Waals surface area contributed by atoms with Crippen LogP contribution >= 0.6 is 0 Å². The van der Waals surface area contributed by atoms with Crippen LogP contribution < -0.4 is 14.8 Å². The number of amides is 2. The molecule has 0 aliphatic heterocycles. The molecule has 0 spiro atoms. The predicted octanol–water partition coefficient (Wildman–Crippen LogP) is 2.96. The number of methoxy groups -OCH3 is 2. The second kappa shape index (κ2) is 9.07. The zero-order valence-corrected chi connectivity index (χ0v) is 16.5. The number of nitrogens with zero attached hydrogens (tertiary/aromatic N) is 1. The molecule has 6 heteroatoms. The number of hydrogen-bond acceptors (Lipinski definition) is 4. The van der Waals surface area contributed by atoms with Gasteiger partial charge >= 0.3 is 0 Å². The van der Waals surface area contributed by atoms with E-state index in [1.165, 1.54) is 4.90 Å². The van der Waals surface area contributed by atoms with Crippen LogP contribution in [0.15, 0.2) is 36.4 Å². The van der Waals surface area contributed by atoms with Gasteiger partial charge in [-0.3, -0.25) is 9.59 Å². The van der Waals surface area contributed by atoms with Crippen LogP contribution in [0, 0.1) is 13.8 Å². The van der Waals surface area contributed by atoms with Gasteiger partial charge in [-0.2, -0.15) is 0 Å². The average Bonchev–Trinajstić information content (AvgIpc) is 2.65. The van der Waals surface area contributed by atoms with Crippen molar-refractivity contribution in [3.8, 4) is 11.5 Å². The summed E-state index contributed by atoms with van der Waals surface area (Å²) in [6, 6.07) is 11.1. The Bertz CT molecular complexity index is 833. The van der Waals surface area contributed by atoms with E-state index in [1.54, 1.807) is 33.4 Å². The SMILES string of the molecule is COc1ccc(CC(=O)N(C)CC(=O)Nc2cccc(C)c2C)cc1OC. The Balaban J connectivity index is 1.97. The number of benzene rings is 2. The molecule has 1 N–H and O–H groups in total. The maximum absolute atomic E-state index is 12.4. The minimum Gasteiger partial charge on any atom is -0.493 e. The van der Waals surface area contributed by atoms with Crippen molar-refractivity contribution in [1.29, 1.82) is 0 Å². The van der Waals surface area contributed by atoms with E-state index >= 15 is 0 Å². The van der Waals surface area contributed by atoms with Crippen molar-refractivity contribution in [3.63, 3.8) is 0 Å².